The van der Waals surface area contributed by atoms with Crippen LogP contribution in [-0.2, 0) is 4.84 Å². The quantitative estimate of drug-likeness (QED) is 0.322. The minimum atomic E-state index is -0.415. The molecule has 9 heavy (non-hydrogen) atoms. The molecule has 1 aliphatic rings. The van der Waals surface area contributed by atoms with Crippen LogP contribution in [0, 0.1) is 4.91 Å². The third-order valence-corrected chi connectivity index (χ3v) is 1.52. The maximum atomic E-state index is 9.66. The average molecular weight is 127 g/mol. The normalized spacial score (nSPS) is 32.6. The van der Waals surface area contributed by atoms with Gasteiger partial charge in [-0.15, -0.1) is 4.91 Å². The molecule has 0 fully saturated rings. The van der Waals surface area contributed by atoms with Crippen molar-refractivity contribution in [1.29, 1.82) is 0 Å². The Kier molecular flexibility index (Phi) is 1.51. The highest BCUT2D eigenvalue weighted by Crippen LogP contribution is 2.25. The van der Waals surface area contributed by atoms with E-state index in [-0.39, 0.29) is 0 Å². The minimum Gasteiger partial charge on any atom is -0.353 e. The highest BCUT2D eigenvalue weighted by atomic mass is 16.7. The first-order valence-corrected chi connectivity index (χ1v) is 2.95. The highest BCUT2D eigenvalue weighted by Gasteiger charge is 2.26. The van der Waals surface area contributed by atoms with Crippen LogP contribution in [0.1, 0.15) is 19.8 Å². The van der Waals surface area contributed by atoms with E-state index < -0.39 is 5.60 Å². The van der Waals surface area contributed by atoms with E-state index in [0.29, 0.717) is 0 Å². The first-order chi connectivity index (χ1) is 4.27. The lowest BCUT2D eigenvalue weighted by molar-refractivity contribution is 0.00649. The van der Waals surface area contributed by atoms with Crippen LogP contribution in [0.3, 0.4) is 0 Å². The zero-order valence-electron chi connectivity index (χ0n) is 5.33. The van der Waals surface area contributed by atoms with Crippen LogP contribution in [0.15, 0.2) is 17.5 Å². The van der Waals surface area contributed by atoms with Crippen molar-refractivity contribution in [2.75, 3.05) is 0 Å². The monoisotopic (exact) mass is 127 g/mol. The zero-order valence-corrected chi connectivity index (χ0v) is 5.33. The van der Waals surface area contributed by atoms with Crippen LogP contribution in [-0.4, -0.2) is 5.60 Å². The van der Waals surface area contributed by atoms with E-state index in [0.717, 1.165) is 12.8 Å². The molecule has 0 saturated carbocycles. The fourth-order valence-electron chi connectivity index (χ4n) is 0.947. The first-order valence-electron chi connectivity index (χ1n) is 2.95. The van der Waals surface area contributed by atoms with Crippen LogP contribution < -0.4 is 0 Å². The molecule has 0 aromatic carbocycles. The second-order valence-corrected chi connectivity index (χ2v) is 2.42. The van der Waals surface area contributed by atoms with Gasteiger partial charge in [0.05, 0.1) is 0 Å². The topological polar surface area (TPSA) is 38.7 Å². The number of rotatable bonds is 2. The molecule has 0 aromatic heterocycles. The van der Waals surface area contributed by atoms with Gasteiger partial charge in [0.15, 0.2) is 10.9 Å². The summed E-state index contributed by atoms with van der Waals surface area (Å²) in [5.41, 5.74) is -0.415. The van der Waals surface area contributed by atoms with Gasteiger partial charge in [-0.05, 0) is 25.8 Å². The van der Waals surface area contributed by atoms with Gasteiger partial charge < -0.3 is 4.84 Å². The molecule has 0 bridgehead atoms. The molecule has 3 heteroatoms. The van der Waals surface area contributed by atoms with Gasteiger partial charge in [-0.3, -0.25) is 0 Å². The van der Waals surface area contributed by atoms with E-state index in [1.807, 2.05) is 19.1 Å². The van der Waals surface area contributed by atoms with Gasteiger partial charge in [-0.1, -0.05) is 6.08 Å². The van der Waals surface area contributed by atoms with Gasteiger partial charge in [0.2, 0.25) is 0 Å². The molecule has 1 aliphatic carbocycles. The van der Waals surface area contributed by atoms with E-state index in [1.54, 1.807) is 0 Å². The summed E-state index contributed by atoms with van der Waals surface area (Å²) in [7, 11) is 0. The summed E-state index contributed by atoms with van der Waals surface area (Å²) in [5, 5.41) is 2.39. The van der Waals surface area contributed by atoms with Crippen molar-refractivity contribution < 1.29 is 4.84 Å². The number of hydrogen-bond acceptors (Lipinski definition) is 3. The molecule has 1 atom stereocenters. The Labute approximate surface area is 53.6 Å². The lowest BCUT2D eigenvalue weighted by Gasteiger charge is -2.15. The minimum absolute atomic E-state index is 0.415. The Hall–Kier alpha value is -0.860. The molecule has 0 heterocycles. The lowest BCUT2D eigenvalue weighted by Crippen LogP contribution is -2.19. The molecule has 1 unspecified atom stereocenters. The molecule has 0 spiro atoms. The van der Waals surface area contributed by atoms with Crippen LogP contribution in [0.25, 0.3) is 0 Å². The third kappa shape index (κ3) is 1.28. The zero-order chi connectivity index (χ0) is 6.74. The molecule has 1 rings (SSSR count). The van der Waals surface area contributed by atoms with E-state index in [2.05, 4.69) is 10.2 Å². The number of allylic oxidation sites excluding steroid dienone is 1. The molecular formula is C6H9NO2. The summed E-state index contributed by atoms with van der Waals surface area (Å²) in [4.78, 5) is 14.2. The second kappa shape index (κ2) is 2.17. The van der Waals surface area contributed by atoms with E-state index in [4.69, 9.17) is 0 Å². The van der Waals surface area contributed by atoms with E-state index in [1.165, 1.54) is 0 Å². The maximum Gasteiger partial charge on any atom is 0.156 e. The van der Waals surface area contributed by atoms with Crippen molar-refractivity contribution in [2.24, 2.45) is 5.34 Å². The maximum absolute atomic E-state index is 9.66. The molecule has 0 amide bonds. The van der Waals surface area contributed by atoms with Gasteiger partial charge in [0.25, 0.3) is 0 Å². The molecule has 50 valence electrons. The Morgan fingerprint density at radius 3 is 3.00 bits per heavy atom. The van der Waals surface area contributed by atoms with Crippen molar-refractivity contribution in [1.82, 2.24) is 0 Å². The van der Waals surface area contributed by atoms with Crippen LogP contribution in [0.5, 0.6) is 0 Å². The molecule has 0 saturated heterocycles. The molecule has 3 nitrogen and oxygen atoms in total. The summed E-state index contributed by atoms with van der Waals surface area (Å²) in [5.74, 6) is 0. The first kappa shape index (κ1) is 6.26. The summed E-state index contributed by atoms with van der Waals surface area (Å²) < 4.78 is 0. The van der Waals surface area contributed by atoms with Gasteiger partial charge in [-0.2, -0.15) is 0 Å². The fraction of sp³-hybridized carbons (Fsp3) is 0.667. The largest absolute Gasteiger partial charge is 0.353 e. The van der Waals surface area contributed by atoms with Crippen molar-refractivity contribution in [3.63, 3.8) is 0 Å². The Bertz CT molecular complexity index is 144. The molecule has 0 radical (unpaired) electrons. The van der Waals surface area contributed by atoms with Gasteiger partial charge in [-0.25, -0.2) is 0 Å². The lowest BCUT2D eigenvalue weighted by atomic mass is 10.1. The predicted octanol–water partition coefficient (Wildman–Crippen LogP) is 1.79. The molecular weight excluding hydrogens is 118 g/mol. The predicted molar refractivity (Wildman–Crippen MR) is 33.7 cm³/mol. The molecule has 0 aliphatic heterocycles. The molecule has 0 N–H and O–H groups in total. The smallest absolute Gasteiger partial charge is 0.156 e. The Balaban J connectivity index is 2.51. The Morgan fingerprint density at radius 1 is 1.78 bits per heavy atom. The average Bonchev–Trinajstić information content (AvgIpc) is 2.16. The van der Waals surface area contributed by atoms with Gasteiger partial charge in [0.1, 0.15) is 0 Å². The highest BCUT2D eigenvalue weighted by molar-refractivity contribution is 5.06. The van der Waals surface area contributed by atoms with Crippen molar-refractivity contribution in [3.8, 4) is 0 Å². The van der Waals surface area contributed by atoms with Crippen LogP contribution in [0.2, 0.25) is 0 Å². The summed E-state index contributed by atoms with van der Waals surface area (Å²) in [6.45, 7) is 1.85. The Morgan fingerprint density at radius 2 is 2.56 bits per heavy atom. The number of nitrogens with zero attached hydrogens (tertiary/aromatic N) is 1. The van der Waals surface area contributed by atoms with Gasteiger partial charge >= 0.3 is 0 Å². The summed E-state index contributed by atoms with van der Waals surface area (Å²) >= 11 is 0. The SMILES string of the molecule is CC1(ON=O)C=CCC1. The third-order valence-electron chi connectivity index (χ3n) is 1.52. The fourth-order valence-corrected chi connectivity index (χ4v) is 0.947. The van der Waals surface area contributed by atoms with Crippen LogP contribution in [0.4, 0.5) is 0 Å². The van der Waals surface area contributed by atoms with Crippen LogP contribution >= 0.6 is 0 Å². The second-order valence-electron chi connectivity index (χ2n) is 2.42. The molecule has 0 aromatic rings. The van der Waals surface area contributed by atoms with Gasteiger partial charge in [0, 0.05) is 0 Å². The van der Waals surface area contributed by atoms with E-state index >= 15 is 0 Å². The van der Waals surface area contributed by atoms with Crippen molar-refractivity contribution in [3.05, 3.63) is 17.1 Å². The van der Waals surface area contributed by atoms with E-state index in [9.17, 15) is 4.91 Å². The van der Waals surface area contributed by atoms with Crippen molar-refractivity contribution >= 4 is 0 Å². The number of hydrogen-bond donors (Lipinski definition) is 0. The summed E-state index contributed by atoms with van der Waals surface area (Å²) in [6, 6.07) is 0. The van der Waals surface area contributed by atoms with Crippen molar-refractivity contribution in [2.45, 2.75) is 25.4 Å². The standard InChI is InChI=1S/C6H9NO2/c1-6(9-7-8)4-2-3-5-6/h2,4H,3,5H2,1H3. The summed E-state index contributed by atoms with van der Waals surface area (Å²) in [6.07, 6.45) is 5.70.